The van der Waals surface area contributed by atoms with Gasteiger partial charge in [0, 0.05) is 5.69 Å². The van der Waals surface area contributed by atoms with Crippen LogP contribution in [0.25, 0.3) is 10.8 Å². The summed E-state index contributed by atoms with van der Waals surface area (Å²) in [5, 5.41) is 12.2. The van der Waals surface area contributed by atoms with E-state index in [4.69, 9.17) is 4.42 Å². The zero-order valence-electron chi connectivity index (χ0n) is 12.4. The Labute approximate surface area is 148 Å². The maximum absolute atomic E-state index is 12.6. The first kappa shape index (κ1) is 17.5. The number of amides is 1. The van der Waals surface area contributed by atoms with Gasteiger partial charge < -0.3 is 9.73 Å². The number of nitrogens with one attached hydrogen (secondary N) is 1. The first-order valence-electron chi connectivity index (χ1n) is 6.89. The number of thiophene rings is 1. The second-order valence-electron chi connectivity index (χ2n) is 4.77. The van der Waals surface area contributed by atoms with E-state index < -0.39 is 17.6 Å². The third kappa shape index (κ3) is 4.60. The lowest BCUT2D eigenvalue weighted by Gasteiger charge is -2.09. The Balaban J connectivity index is 1.57. The van der Waals surface area contributed by atoms with Crippen LogP contribution in [0.5, 0.6) is 0 Å². The fourth-order valence-electron chi connectivity index (χ4n) is 1.87. The topological polar surface area (TPSA) is 68.0 Å². The van der Waals surface area contributed by atoms with Crippen LogP contribution >= 0.6 is 23.1 Å². The summed E-state index contributed by atoms with van der Waals surface area (Å²) in [6.45, 7) is 0. The van der Waals surface area contributed by atoms with Crippen molar-refractivity contribution in [1.82, 2.24) is 10.2 Å². The van der Waals surface area contributed by atoms with Gasteiger partial charge in [-0.3, -0.25) is 4.79 Å². The van der Waals surface area contributed by atoms with Crippen molar-refractivity contribution >= 4 is 34.7 Å². The molecule has 3 rings (SSSR count). The number of nitrogens with zero attached hydrogens (tertiary/aromatic N) is 2. The lowest BCUT2D eigenvalue weighted by molar-refractivity contribution is -0.137. The van der Waals surface area contributed by atoms with Crippen LogP contribution in [-0.4, -0.2) is 21.9 Å². The number of carbonyl (C=O) groups is 1. The van der Waals surface area contributed by atoms with Gasteiger partial charge in [0.15, 0.2) is 0 Å². The van der Waals surface area contributed by atoms with Crippen LogP contribution in [0.15, 0.2) is 51.4 Å². The number of alkyl halides is 3. The van der Waals surface area contributed by atoms with Crippen LogP contribution in [0.2, 0.25) is 0 Å². The molecule has 0 aliphatic carbocycles. The van der Waals surface area contributed by atoms with Crippen molar-refractivity contribution in [2.45, 2.75) is 11.4 Å². The predicted octanol–water partition coefficient (Wildman–Crippen LogP) is 4.55. The van der Waals surface area contributed by atoms with Gasteiger partial charge in [-0.2, -0.15) is 13.2 Å². The van der Waals surface area contributed by atoms with E-state index in [0.29, 0.717) is 5.89 Å². The molecule has 2 aromatic heterocycles. The summed E-state index contributed by atoms with van der Waals surface area (Å²) in [6.07, 6.45) is -4.46. The van der Waals surface area contributed by atoms with E-state index in [1.54, 1.807) is 0 Å². The van der Waals surface area contributed by atoms with Crippen molar-refractivity contribution in [2.75, 3.05) is 11.1 Å². The molecule has 0 radical (unpaired) electrons. The summed E-state index contributed by atoms with van der Waals surface area (Å²) >= 11 is 2.45. The maximum Gasteiger partial charge on any atom is 0.416 e. The molecule has 0 bridgehead atoms. The van der Waals surface area contributed by atoms with E-state index in [2.05, 4.69) is 15.5 Å². The molecule has 1 aromatic carbocycles. The Bertz CT molecular complexity index is 863. The molecule has 130 valence electrons. The number of rotatable bonds is 5. The van der Waals surface area contributed by atoms with Crippen LogP contribution in [0, 0.1) is 0 Å². The number of halogens is 3. The van der Waals surface area contributed by atoms with Crippen LogP contribution in [0.1, 0.15) is 5.56 Å². The third-order valence-corrected chi connectivity index (χ3v) is 4.62. The predicted molar refractivity (Wildman–Crippen MR) is 88.4 cm³/mol. The van der Waals surface area contributed by atoms with Gasteiger partial charge in [-0.05, 0) is 29.6 Å². The van der Waals surface area contributed by atoms with Gasteiger partial charge in [0.05, 0.1) is 16.2 Å². The molecule has 0 spiro atoms. The molecule has 0 aliphatic heterocycles. The van der Waals surface area contributed by atoms with Crippen LogP contribution in [0.3, 0.4) is 0 Å². The number of thioether (sulfide) groups is 1. The van der Waals surface area contributed by atoms with Gasteiger partial charge in [0.25, 0.3) is 11.1 Å². The Morgan fingerprint density at radius 1 is 1.24 bits per heavy atom. The summed E-state index contributed by atoms with van der Waals surface area (Å²) < 4.78 is 43.4. The SMILES string of the molecule is O=C(CSc1nnc(-c2cccs2)o1)Nc1cccc(C(F)(F)F)c1. The number of hydrogen-bond acceptors (Lipinski definition) is 6. The molecular weight excluding hydrogens is 375 g/mol. The fraction of sp³-hybridized carbons (Fsp3) is 0.133. The zero-order valence-corrected chi connectivity index (χ0v) is 14.0. The van der Waals surface area contributed by atoms with E-state index in [1.165, 1.54) is 23.5 Å². The number of aromatic nitrogens is 2. The molecule has 0 unspecified atom stereocenters. The van der Waals surface area contributed by atoms with Gasteiger partial charge in [0.2, 0.25) is 5.91 Å². The van der Waals surface area contributed by atoms with Gasteiger partial charge in [0.1, 0.15) is 0 Å². The quantitative estimate of drug-likeness (QED) is 0.653. The lowest BCUT2D eigenvalue weighted by Crippen LogP contribution is -2.15. The monoisotopic (exact) mass is 385 g/mol. The van der Waals surface area contributed by atoms with Crippen molar-refractivity contribution in [3.63, 3.8) is 0 Å². The second-order valence-corrected chi connectivity index (χ2v) is 6.64. The molecule has 2 heterocycles. The maximum atomic E-state index is 12.6. The summed E-state index contributed by atoms with van der Waals surface area (Å²) in [7, 11) is 0. The molecule has 0 saturated heterocycles. The molecule has 1 N–H and O–H groups in total. The highest BCUT2D eigenvalue weighted by Gasteiger charge is 2.30. The lowest BCUT2D eigenvalue weighted by atomic mass is 10.2. The van der Waals surface area contributed by atoms with E-state index >= 15 is 0 Å². The number of benzene rings is 1. The molecular formula is C15H10F3N3O2S2. The molecule has 1 amide bonds. The van der Waals surface area contributed by atoms with E-state index in [9.17, 15) is 18.0 Å². The Morgan fingerprint density at radius 2 is 2.08 bits per heavy atom. The highest BCUT2D eigenvalue weighted by molar-refractivity contribution is 7.99. The minimum atomic E-state index is -4.46. The normalized spacial score (nSPS) is 11.5. The molecule has 0 fully saturated rings. The van der Waals surface area contributed by atoms with Crippen molar-refractivity contribution in [3.8, 4) is 10.8 Å². The van der Waals surface area contributed by atoms with Gasteiger partial charge in [-0.1, -0.05) is 23.9 Å². The average Bonchev–Trinajstić information content (AvgIpc) is 3.24. The minimum absolute atomic E-state index is 0.0671. The molecule has 0 saturated carbocycles. The fourth-order valence-corrected chi connectivity index (χ4v) is 3.07. The number of anilines is 1. The Morgan fingerprint density at radius 3 is 2.80 bits per heavy atom. The van der Waals surface area contributed by atoms with Gasteiger partial charge >= 0.3 is 6.18 Å². The average molecular weight is 385 g/mol. The van der Waals surface area contributed by atoms with Crippen LogP contribution < -0.4 is 5.32 Å². The Hall–Kier alpha value is -2.33. The largest absolute Gasteiger partial charge is 0.416 e. The number of hydrogen-bond donors (Lipinski definition) is 1. The minimum Gasteiger partial charge on any atom is -0.410 e. The molecule has 25 heavy (non-hydrogen) atoms. The highest BCUT2D eigenvalue weighted by atomic mass is 32.2. The summed E-state index contributed by atoms with van der Waals surface area (Å²) in [5.74, 6) is -0.182. The van der Waals surface area contributed by atoms with Crippen molar-refractivity contribution in [2.24, 2.45) is 0 Å². The van der Waals surface area contributed by atoms with E-state index in [0.717, 1.165) is 28.8 Å². The van der Waals surface area contributed by atoms with Crippen LogP contribution in [-0.2, 0) is 11.0 Å². The van der Waals surface area contributed by atoms with Crippen LogP contribution in [0.4, 0.5) is 18.9 Å². The van der Waals surface area contributed by atoms with Gasteiger partial charge in [-0.25, -0.2) is 0 Å². The summed E-state index contributed by atoms with van der Waals surface area (Å²) in [6, 6.07) is 8.11. The second kappa shape index (κ2) is 7.28. The zero-order chi connectivity index (χ0) is 17.9. The number of carbonyl (C=O) groups excluding carboxylic acids is 1. The van der Waals surface area contributed by atoms with Crippen molar-refractivity contribution < 1.29 is 22.4 Å². The molecule has 0 aliphatic rings. The first-order chi connectivity index (χ1) is 11.9. The summed E-state index contributed by atoms with van der Waals surface area (Å²) in [5.41, 5.74) is -0.749. The van der Waals surface area contributed by atoms with E-state index in [-0.39, 0.29) is 16.7 Å². The molecule has 3 aromatic rings. The summed E-state index contributed by atoms with van der Waals surface area (Å²) in [4.78, 5) is 12.7. The van der Waals surface area contributed by atoms with Crippen molar-refractivity contribution in [1.29, 1.82) is 0 Å². The smallest absolute Gasteiger partial charge is 0.410 e. The molecule has 0 atom stereocenters. The standard InChI is InChI=1S/C15H10F3N3O2S2/c16-15(17,18)9-3-1-4-10(7-9)19-12(22)8-25-14-21-20-13(23-14)11-5-2-6-24-11/h1-7H,8H2,(H,19,22). The van der Waals surface area contributed by atoms with Gasteiger partial charge in [-0.15, -0.1) is 21.5 Å². The third-order valence-electron chi connectivity index (χ3n) is 2.94. The van der Waals surface area contributed by atoms with E-state index in [1.807, 2.05) is 17.5 Å². The molecule has 5 nitrogen and oxygen atoms in total. The highest BCUT2D eigenvalue weighted by Crippen LogP contribution is 2.31. The first-order valence-corrected chi connectivity index (χ1v) is 8.75. The Kier molecular flexibility index (Phi) is 5.09. The molecule has 10 heteroatoms. The van der Waals surface area contributed by atoms with Crippen molar-refractivity contribution in [3.05, 3.63) is 47.3 Å².